The number of nitrogens with one attached hydrogen (secondary N) is 1. The van der Waals surface area contributed by atoms with Gasteiger partial charge in [-0.3, -0.25) is 9.48 Å². The number of fused-ring (bicyclic) bond motifs is 1. The molecule has 30 heavy (non-hydrogen) atoms. The Hall–Kier alpha value is -2.93. The molecule has 0 radical (unpaired) electrons. The summed E-state index contributed by atoms with van der Waals surface area (Å²) in [4.78, 5) is 13.0. The minimum atomic E-state index is -0.440. The number of hydrogen-bond donors (Lipinski definition) is 1. The number of ether oxygens (including phenoxy) is 2. The van der Waals surface area contributed by atoms with E-state index in [2.05, 4.69) is 10.4 Å². The van der Waals surface area contributed by atoms with Gasteiger partial charge in [0.05, 0.1) is 29.5 Å². The van der Waals surface area contributed by atoms with E-state index in [-0.39, 0.29) is 11.8 Å². The highest BCUT2D eigenvalue weighted by Crippen LogP contribution is 2.28. The molecule has 0 aliphatic carbocycles. The molecule has 7 heteroatoms. The van der Waals surface area contributed by atoms with Gasteiger partial charge in [0.15, 0.2) is 0 Å². The van der Waals surface area contributed by atoms with Gasteiger partial charge in [0, 0.05) is 36.7 Å². The second-order valence-electron chi connectivity index (χ2n) is 8.05. The van der Waals surface area contributed by atoms with Crippen LogP contribution in [-0.4, -0.2) is 35.0 Å². The first-order chi connectivity index (χ1) is 14.4. The van der Waals surface area contributed by atoms with Gasteiger partial charge in [0.25, 0.3) is 5.91 Å². The third-order valence-electron chi connectivity index (χ3n) is 5.17. The van der Waals surface area contributed by atoms with Crippen LogP contribution < -0.4 is 10.1 Å². The second-order valence-corrected chi connectivity index (χ2v) is 8.05. The number of benzene rings is 2. The summed E-state index contributed by atoms with van der Waals surface area (Å²) < 4.78 is 27.6. The molecule has 1 unspecified atom stereocenters. The third kappa shape index (κ3) is 4.31. The summed E-state index contributed by atoms with van der Waals surface area (Å²) >= 11 is 0. The lowest BCUT2D eigenvalue weighted by atomic mass is 10.1. The molecule has 1 aliphatic rings. The third-order valence-corrected chi connectivity index (χ3v) is 5.17. The molecule has 2 aromatic carbocycles. The van der Waals surface area contributed by atoms with E-state index in [1.54, 1.807) is 37.3 Å². The zero-order valence-corrected chi connectivity index (χ0v) is 17.4. The van der Waals surface area contributed by atoms with Crippen molar-refractivity contribution in [2.75, 3.05) is 18.5 Å². The van der Waals surface area contributed by atoms with Crippen molar-refractivity contribution in [3.8, 4) is 5.75 Å². The van der Waals surface area contributed by atoms with Gasteiger partial charge in [-0.15, -0.1) is 0 Å². The lowest BCUT2D eigenvalue weighted by Gasteiger charge is -2.15. The van der Waals surface area contributed by atoms with Crippen molar-refractivity contribution >= 4 is 22.5 Å². The average Bonchev–Trinajstić information content (AvgIpc) is 3.33. The topological polar surface area (TPSA) is 65.4 Å². The van der Waals surface area contributed by atoms with Crippen LogP contribution in [0.4, 0.5) is 10.1 Å². The molecule has 1 atom stereocenters. The van der Waals surface area contributed by atoms with Gasteiger partial charge in [-0.1, -0.05) is 12.1 Å². The molecule has 6 nitrogen and oxygen atoms in total. The average molecular weight is 411 g/mol. The quantitative estimate of drug-likeness (QED) is 0.646. The number of nitrogens with zero attached hydrogens (tertiary/aromatic N) is 2. The van der Waals surface area contributed by atoms with Gasteiger partial charge in [0.1, 0.15) is 11.6 Å². The summed E-state index contributed by atoms with van der Waals surface area (Å²) in [6.07, 6.45) is 2.83. The highest BCUT2D eigenvalue weighted by atomic mass is 19.1. The number of amides is 1. The number of carbonyl (C=O) groups excluding carboxylic acids is 1. The number of hydrogen-bond acceptors (Lipinski definition) is 4. The monoisotopic (exact) mass is 411 g/mol. The minimum Gasteiger partial charge on any atom is -0.490 e. The molecule has 1 saturated heterocycles. The van der Waals surface area contributed by atoms with Gasteiger partial charge in [-0.05, 0) is 44.9 Å². The van der Waals surface area contributed by atoms with Gasteiger partial charge in [0.2, 0.25) is 0 Å². The van der Waals surface area contributed by atoms with Crippen molar-refractivity contribution in [1.82, 2.24) is 9.78 Å². The van der Waals surface area contributed by atoms with Gasteiger partial charge in [-0.2, -0.15) is 5.10 Å². The summed E-state index contributed by atoms with van der Waals surface area (Å²) in [6.45, 7) is 7.75. The molecular weight excluding hydrogens is 385 g/mol. The number of rotatable bonds is 6. The van der Waals surface area contributed by atoms with Crippen molar-refractivity contribution < 1.29 is 18.7 Å². The van der Waals surface area contributed by atoms with Crippen molar-refractivity contribution in [1.29, 1.82) is 0 Å². The number of aryl methyl sites for hydroxylation is 1. The fourth-order valence-corrected chi connectivity index (χ4v) is 3.65. The van der Waals surface area contributed by atoms with Gasteiger partial charge in [-0.25, -0.2) is 4.39 Å². The van der Waals surface area contributed by atoms with E-state index >= 15 is 0 Å². The van der Waals surface area contributed by atoms with Crippen molar-refractivity contribution in [3.05, 3.63) is 53.5 Å². The van der Waals surface area contributed by atoms with Crippen LogP contribution in [0.25, 0.3) is 10.9 Å². The van der Waals surface area contributed by atoms with E-state index in [4.69, 9.17) is 9.47 Å². The van der Waals surface area contributed by atoms with Crippen LogP contribution in [0.5, 0.6) is 5.75 Å². The summed E-state index contributed by atoms with van der Waals surface area (Å²) in [5.74, 6) is 0.00845. The maximum absolute atomic E-state index is 14.4. The Morgan fingerprint density at radius 3 is 2.97 bits per heavy atom. The molecule has 3 aromatic rings. The van der Waals surface area contributed by atoms with E-state index in [1.165, 1.54) is 0 Å². The van der Waals surface area contributed by atoms with Crippen molar-refractivity contribution in [2.45, 2.75) is 39.8 Å². The Labute approximate surface area is 175 Å². The van der Waals surface area contributed by atoms with E-state index in [0.29, 0.717) is 22.8 Å². The maximum atomic E-state index is 14.4. The number of anilines is 1. The molecule has 0 saturated carbocycles. The van der Waals surface area contributed by atoms with E-state index in [0.717, 1.165) is 37.1 Å². The summed E-state index contributed by atoms with van der Waals surface area (Å²) in [5, 5.41) is 8.15. The first-order valence-electron chi connectivity index (χ1n) is 10.2. The number of carbonyl (C=O) groups is 1. The lowest BCUT2D eigenvalue weighted by Crippen LogP contribution is -2.16. The lowest BCUT2D eigenvalue weighted by molar-refractivity contribution is 0.102. The fraction of sp³-hybridized carbons (Fsp3) is 0.391. The summed E-state index contributed by atoms with van der Waals surface area (Å²) in [6, 6.07) is 8.44. The van der Waals surface area contributed by atoms with Gasteiger partial charge >= 0.3 is 0 Å². The molecule has 1 aromatic heterocycles. The Balaban J connectivity index is 1.67. The molecular formula is C23H26FN3O3. The standard InChI is InChI=1S/C23H26FN3O3/c1-14(2)30-21-10-20-17(12-27(26-20)11-16-7-8-29-13-16)9-18(21)23(28)25-19-6-4-5-15(3)22(19)24/h4-6,9-10,12,14,16H,7-8,11,13H2,1-3H3,(H,25,28). The van der Waals surface area contributed by atoms with Crippen LogP contribution in [0.15, 0.2) is 36.5 Å². The van der Waals surface area contributed by atoms with E-state index in [1.807, 2.05) is 24.7 Å². The van der Waals surface area contributed by atoms with E-state index in [9.17, 15) is 9.18 Å². The molecule has 1 amide bonds. The summed E-state index contributed by atoms with van der Waals surface area (Å²) in [5.41, 5.74) is 1.72. The first kappa shape index (κ1) is 20.3. The van der Waals surface area contributed by atoms with Crippen LogP contribution in [-0.2, 0) is 11.3 Å². The molecule has 4 rings (SSSR count). The Bertz CT molecular complexity index is 1070. The Morgan fingerprint density at radius 2 is 2.23 bits per heavy atom. The van der Waals surface area contributed by atoms with Crippen LogP contribution in [0.3, 0.4) is 0 Å². The highest BCUT2D eigenvalue weighted by Gasteiger charge is 2.20. The predicted octanol–water partition coefficient (Wildman–Crippen LogP) is 4.56. The van der Waals surface area contributed by atoms with Gasteiger partial charge < -0.3 is 14.8 Å². The van der Waals surface area contributed by atoms with E-state index < -0.39 is 11.7 Å². The molecule has 0 bridgehead atoms. The maximum Gasteiger partial charge on any atom is 0.259 e. The predicted molar refractivity (Wildman–Crippen MR) is 114 cm³/mol. The Morgan fingerprint density at radius 1 is 1.40 bits per heavy atom. The van der Waals surface area contributed by atoms with Crippen LogP contribution in [0.2, 0.25) is 0 Å². The van der Waals surface area contributed by atoms with Crippen LogP contribution in [0, 0.1) is 18.7 Å². The molecule has 1 fully saturated rings. The number of halogens is 1. The Kier molecular flexibility index (Phi) is 5.72. The second kappa shape index (κ2) is 8.44. The fourth-order valence-electron chi connectivity index (χ4n) is 3.65. The molecule has 0 spiro atoms. The molecule has 158 valence electrons. The molecule has 2 heterocycles. The number of aromatic nitrogens is 2. The van der Waals surface area contributed by atoms with Crippen LogP contribution >= 0.6 is 0 Å². The van der Waals surface area contributed by atoms with Crippen LogP contribution in [0.1, 0.15) is 36.2 Å². The molecule has 1 aliphatic heterocycles. The minimum absolute atomic E-state index is 0.123. The highest BCUT2D eigenvalue weighted by molar-refractivity contribution is 6.08. The zero-order chi connectivity index (χ0) is 21.3. The molecule has 1 N–H and O–H groups in total. The first-order valence-corrected chi connectivity index (χ1v) is 10.2. The zero-order valence-electron chi connectivity index (χ0n) is 17.4. The normalized spacial score (nSPS) is 16.4. The SMILES string of the molecule is Cc1cccc(NC(=O)c2cc3cn(CC4CCOC4)nc3cc2OC(C)C)c1F. The largest absolute Gasteiger partial charge is 0.490 e. The van der Waals surface area contributed by atoms with Crippen molar-refractivity contribution in [3.63, 3.8) is 0 Å². The smallest absolute Gasteiger partial charge is 0.259 e. The van der Waals surface area contributed by atoms with Crippen molar-refractivity contribution in [2.24, 2.45) is 5.92 Å². The summed E-state index contributed by atoms with van der Waals surface area (Å²) in [7, 11) is 0.